The molecular weight excluding hydrogens is 524 g/mol. The molecule has 0 spiro atoms. The number of carbonyl (C=O) groups is 1. The standard InChI is InChI=1S/C33H40N8O/c1-24(10-8-14-31(42)32-25(2)36-23-37-26(32)3)39-18-15-29(16-19-39)41-30(28-12-6-5-7-13-28)22-40(33(41)38-34-4)21-27-11-9-17-35-20-27/h5-7,9,11-13,17,20,23-24,29-30H,8,10,14-16,18-19,21-22H2,1-3H3/b38-33-/t24-,30?/m0/s1. The number of benzene rings is 1. The lowest BCUT2D eigenvalue weighted by molar-refractivity contribution is 0.0952. The van der Waals surface area contributed by atoms with Gasteiger partial charge >= 0.3 is 0 Å². The number of guanidine groups is 1. The zero-order valence-corrected chi connectivity index (χ0v) is 24.9. The highest BCUT2D eigenvalue weighted by atomic mass is 16.1. The minimum absolute atomic E-state index is 0.136. The first-order valence-electron chi connectivity index (χ1n) is 14.9. The average molecular weight is 565 g/mol. The summed E-state index contributed by atoms with van der Waals surface area (Å²) in [6.07, 6.45) is 9.54. The second-order valence-electron chi connectivity index (χ2n) is 11.4. The van der Waals surface area contributed by atoms with Gasteiger partial charge in [-0.1, -0.05) is 36.4 Å². The number of piperidine rings is 1. The average Bonchev–Trinajstić information content (AvgIpc) is 3.35. The Hall–Kier alpha value is -4.16. The number of carbonyl (C=O) groups excluding carboxylic acids is 1. The molecule has 3 aromatic rings. The van der Waals surface area contributed by atoms with E-state index in [4.69, 9.17) is 6.57 Å². The number of nitrogens with zero attached hydrogens (tertiary/aromatic N) is 8. The molecule has 2 atom stereocenters. The van der Waals surface area contributed by atoms with Crippen molar-refractivity contribution in [1.29, 1.82) is 0 Å². The highest BCUT2D eigenvalue weighted by molar-refractivity contribution is 5.97. The monoisotopic (exact) mass is 564 g/mol. The number of hydrogen-bond donors (Lipinski definition) is 0. The number of Topliss-reactive ketones (excluding diaryl/α,β-unsaturated/α-hetero) is 1. The van der Waals surface area contributed by atoms with Crippen LogP contribution < -0.4 is 0 Å². The van der Waals surface area contributed by atoms with Gasteiger partial charge in [0.1, 0.15) is 11.4 Å². The van der Waals surface area contributed by atoms with Gasteiger partial charge in [0.05, 0.1) is 23.0 Å². The lowest BCUT2D eigenvalue weighted by Crippen LogP contribution is -2.49. The summed E-state index contributed by atoms with van der Waals surface area (Å²) in [5.74, 6) is 0.906. The van der Waals surface area contributed by atoms with Gasteiger partial charge in [-0.15, -0.1) is 4.95 Å². The first-order chi connectivity index (χ1) is 20.5. The fourth-order valence-electron chi connectivity index (χ4n) is 6.51. The summed E-state index contributed by atoms with van der Waals surface area (Å²) in [5, 5.41) is 4.37. The molecule has 218 valence electrons. The Kier molecular flexibility index (Phi) is 9.55. The van der Waals surface area contributed by atoms with Crippen molar-refractivity contribution in [2.75, 3.05) is 19.6 Å². The van der Waals surface area contributed by atoms with Crippen LogP contribution in [0.4, 0.5) is 0 Å². The quantitative estimate of drug-likeness (QED) is 0.184. The molecule has 1 aromatic carbocycles. The molecule has 0 bridgehead atoms. The van der Waals surface area contributed by atoms with Crippen LogP contribution in [0.1, 0.15) is 77.9 Å². The largest absolute Gasteiger partial charge is 0.330 e. The molecule has 0 aliphatic carbocycles. The van der Waals surface area contributed by atoms with Gasteiger partial charge < -0.3 is 14.7 Å². The minimum Gasteiger partial charge on any atom is -0.330 e. The van der Waals surface area contributed by atoms with E-state index < -0.39 is 0 Å². The van der Waals surface area contributed by atoms with Crippen LogP contribution in [0.3, 0.4) is 0 Å². The third-order valence-electron chi connectivity index (χ3n) is 8.71. The molecule has 2 aliphatic heterocycles. The van der Waals surface area contributed by atoms with E-state index in [-0.39, 0.29) is 11.8 Å². The molecule has 4 heterocycles. The summed E-state index contributed by atoms with van der Waals surface area (Å²) >= 11 is 0. The summed E-state index contributed by atoms with van der Waals surface area (Å²) in [5.41, 5.74) is 4.56. The van der Waals surface area contributed by atoms with Crippen LogP contribution in [-0.4, -0.2) is 73.1 Å². The molecular formula is C33H40N8O. The normalized spacial score (nSPS) is 19.7. The summed E-state index contributed by atoms with van der Waals surface area (Å²) in [6, 6.07) is 15.5. The smallest absolute Gasteiger partial charge is 0.284 e. The van der Waals surface area contributed by atoms with E-state index in [0.717, 1.165) is 68.2 Å². The number of pyridine rings is 1. The molecule has 0 radical (unpaired) electrons. The van der Waals surface area contributed by atoms with Gasteiger partial charge in [0.25, 0.3) is 5.96 Å². The van der Waals surface area contributed by atoms with E-state index in [0.29, 0.717) is 30.6 Å². The molecule has 0 saturated carbocycles. The van der Waals surface area contributed by atoms with E-state index in [9.17, 15) is 4.79 Å². The summed E-state index contributed by atoms with van der Waals surface area (Å²) in [7, 11) is 0. The number of aromatic nitrogens is 3. The molecule has 1 unspecified atom stereocenters. The Morgan fingerprint density at radius 2 is 1.83 bits per heavy atom. The van der Waals surface area contributed by atoms with Crippen LogP contribution in [0.5, 0.6) is 0 Å². The van der Waals surface area contributed by atoms with Gasteiger partial charge in [0.2, 0.25) is 0 Å². The number of aryl methyl sites for hydroxylation is 2. The Morgan fingerprint density at radius 3 is 2.50 bits per heavy atom. The summed E-state index contributed by atoms with van der Waals surface area (Å²) in [4.78, 5) is 36.3. The van der Waals surface area contributed by atoms with Crippen molar-refractivity contribution in [3.05, 3.63) is 101 Å². The molecule has 9 heteroatoms. The molecule has 2 aliphatic rings. The van der Waals surface area contributed by atoms with E-state index >= 15 is 0 Å². The molecule has 9 nitrogen and oxygen atoms in total. The highest BCUT2D eigenvalue weighted by Gasteiger charge is 2.43. The van der Waals surface area contributed by atoms with Crippen molar-refractivity contribution in [2.45, 2.75) is 77.5 Å². The summed E-state index contributed by atoms with van der Waals surface area (Å²) < 4.78 is 0. The van der Waals surface area contributed by atoms with E-state index in [1.807, 2.05) is 32.2 Å². The molecule has 0 amide bonds. The van der Waals surface area contributed by atoms with Gasteiger partial charge in [-0.05, 0) is 63.6 Å². The maximum Gasteiger partial charge on any atom is 0.284 e. The van der Waals surface area contributed by atoms with Crippen LogP contribution in [0, 0.1) is 20.4 Å². The fourth-order valence-corrected chi connectivity index (χ4v) is 6.51. The topological polar surface area (TPSA) is 82.2 Å². The second kappa shape index (κ2) is 13.7. The van der Waals surface area contributed by atoms with Crippen molar-refractivity contribution in [2.24, 2.45) is 5.10 Å². The Morgan fingerprint density at radius 1 is 1.10 bits per heavy atom. The van der Waals surface area contributed by atoms with Crippen LogP contribution in [0.2, 0.25) is 0 Å². The first-order valence-corrected chi connectivity index (χ1v) is 14.9. The van der Waals surface area contributed by atoms with Crippen molar-refractivity contribution in [3.8, 4) is 0 Å². The maximum atomic E-state index is 12.9. The predicted octanol–water partition coefficient (Wildman–Crippen LogP) is 5.44. The highest BCUT2D eigenvalue weighted by Crippen LogP contribution is 2.36. The van der Waals surface area contributed by atoms with Crippen LogP contribution >= 0.6 is 0 Å². The van der Waals surface area contributed by atoms with Crippen molar-refractivity contribution in [3.63, 3.8) is 0 Å². The van der Waals surface area contributed by atoms with Crippen molar-refractivity contribution >= 4 is 11.7 Å². The molecule has 2 fully saturated rings. The Bertz CT molecular complexity index is 1390. The third kappa shape index (κ3) is 6.66. The molecule has 42 heavy (non-hydrogen) atoms. The van der Waals surface area contributed by atoms with Gasteiger partial charge in [-0.25, -0.2) is 9.97 Å². The second-order valence-corrected chi connectivity index (χ2v) is 11.4. The van der Waals surface area contributed by atoms with Crippen molar-refractivity contribution < 1.29 is 4.79 Å². The SMILES string of the molecule is [C-]#[N+]/N=C1/N(Cc2cccnc2)CC(c2ccccc2)N1C1CCN([C@@H](C)CCCC(=O)c2c(C)ncnc2C)CC1. The zero-order chi connectivity index (χ0) is 29.5. The van der Waals surface area contributed by atoms with Crippen LogP contribution in [0.15, 0.2) is 66.3 Å². The third-order valence-corrected chi connectivity index (χ3v) is 8.71. The van der Waals surface area contributed by atoms with Gasteiger partial charge in [-0.2, -0.15) is 6.57 Å². The maximum absolute atomic E-state index is 12.9. The van der Waals surface area contributed by atoms with E-state index in [1.165, 1.54) is 11.9 Å². The molecule has 5 rings (SSSR count). The fraction of sp³-hybridized carbons (Fsp3) is 0.455. The number of likely N-dealkylation sites (tertiary alicyclic amines) is 1. The Labute approximate surface area is 249 Å². The van der Waals surface area contributed by atoms with E-state index in [1.54, 1.807) is 6.20 Å². The van der Waals surface area contributed by atoms with Crippen molar-refractivity contribution in [1.82, 2.24) is 29.7 Å². The van der Waals surface area contributed by atoms with Gasteiger partial charge in [0, 0.05) is 57.1 Å². The molecule has 2 saturated heterocycles. The number of ketones is 1. The first kappa shape index (κ1) is 29.3. The number of hydrogen-bond acceptors (Lipinski definition) is 6. The lowest BCUT2D eigenvalue weighted by Gasteiger charge is -2.41. The Balaban J connectivity index is 1.23. The number of rotatable bonds is 10. The predicted molar refractivity (Wildman–Crippen MR) is 163 cm³/mol. The zero-order valence-electron chi connectivity index (χ0n) is 24.9. The van der Waals surface area contributed by atoms with E-state index in [2.05, 4.69) is 77.0 Å². The summed E-state index contributed by atoms with van der Waals surface area (Å²) in [6.45, 7) is 17.1. The minimum atomic E-state index is 0.136. The van der Waals surface area contributed by atoms with Crippen LogP contribution in [0.25, 0.3) is 4.95 Å². The van der Waals surface area contributed by atoms with Gasteiger partial charge in [0.15, 0.2) is 5.78 Å². The molecule has 2 aromatic heterocycles. The van der Waals surface area contributed by atoms with Crippen LogP contribution in [-0.2, 0) is 6.54 Å². The lowest BCUT2D eigenvalue weighted by atomic mass is 9.96. The molecule has 0 N–H and O–H groups in total. The van der Waals surface area contributed by atoms with Gasteiger partial charge in [-0.3, -0.25) is 9.78 Å².